The maximum Gasteiger partial charge on any atom is 0.329 e. The Balaban J connectivity index is 1.23. The molecule has 0 aromatic heterocycles. The number of rotatable bonds is 19. The predicted molar refractivity (Wildman–Crippen MR) is 211 cm³/mol. The van der Waals surface area contributed by atoms with Crippen LogP contribution in [0.3, 0.4) is 0 Å². The molecule has 3 aliphatic rings. The number of amides is 1. The van der Waals surface area contributed by atoms with Crippen molar-refractivity contribution >= 4 is 11.9 Å². The van der Waals surface area contributed by atoms with Crippen molar-refractivity contribution in [1.29, 1.82) is 0 Å². The normalized spacial score (nSPS) is 18.4. The molecule has 12 nitrogen and oxygen atoms in total. The first-order chi connectivity index (χ1) is 27.3. The van der Waals surface area contributed by atoms with Crippen LogP contribution in [0.4, 0.5) is 0 Å². The number of ether oxygens (including phenoxy) is 8. The molecule has 3 fully saturated rings. The topological polar surface area (TPSA) is 114 Å². The van der Waals surface area contributed by atoms with Gasteiger partial charge in [0, 0.05) is 26.2 Å². The van der Waals surface area contributed by atoms with Gasteiger partial charge in [0.05, 0.1) is 54.7 Å². The summed E-state index contributed by atoms with van der Waals surface area (Å²) < 4.78 is 46.1. The van der Waals surface area contributed by atoms with Crippen LogP contribution >= 0.6 is 0 Å². The van der Waals surface area contributed by atoms with E-state index in [0.717, 1.165) is 75.2 Å². The van der Waals surface area contributed by atoms with Crippen molar-refractivity contribution in [3.8, 4) is 34.5 Å². The first kappa shape index (κ1) is 41.0. The molecule has 0 radical (unpaired) electrons. The highest BCUT2D eigenvalue weighted by Crippen LogP contribution is 2.45. The molecule has 6 rings (SSSR count). The molecule has 1 aliphatic carbocycles. The summed E-state index contributed by atoms with van der Waals surface area (Å²) in [6.45, 7) is 5.07. The smallest absolute Gasteiger partial charge is 0.329 e. The molecule has 3 aromatic carbocycles. The summed E-state index contributed by atoms with van der Waals surface area (Å²) in [7, 11) is 7.94. The Morgan fingerprint density at radius 2 is 1.50 bits per heavy atom. The van der Waals surface area contributed by atoms with E-state index in [4.69, 9.17) is 37.9 Å². The third-order valence-electron chi connectivity index (χ3n) is 11.1. The second-order valence-electron chi connectivity index (χ2n) is 14.8. The van der Waals surface area contributed by atoms with E-state index in [1.165, 1.54) is 0 Å². The molecule has 3 aromatic rings. The van der Waals surface area contributed by atoms with E-state index >= 15 is 0 Å². The molecule has 0 N–H and O–H groups in total. The maximum absolute atomic E-state index is 14.7. The van der Waals surface area contributed by atoms with Gasteiger partial charge < -0.3 is 42.8 Å². The molecule has 1 amide bonds. The molecular weight excluding hydrogens is 716 g/mol. The molecule has 2 saturated heterocycles. The van der Waals surface area contributed by atoms with Crippen molar-refractivity contribution in [1.82, 2.24) is 9.80 Å². The van der Waals surface area contributed by atoms with Crippen molar-refractivity contribution in [2.75, 3.05) is 81.5 Å². The highest BCUT2D eigenvalue weighted by Gasteiger charge is 2.40. The van der Waals surface area contributed by atoms with Crippen LogP contribution in [0.2, 0.25) is 0 Å². The number of carbonyl (C=O) groups is 2. The second kappa shape index (κ2) is 20.0. The van der Waals surface area contributed by atoms with Gasteiger partial charge in [0.1, 0.15) is 24.5 Å². The largest absolute Gasteiger partial charge is 0.493 e. The number of hydrogen-bond donors (Lipinski definition) is 0. The standard InChI is InChI=1S/C44H58N2O10/c1-49-38-17-15-31(26-39(38)50-2)14-16-37(32-9-8-10-34(27-32)55-24-21-45-19-22-54-23-20-45)56-44(48)36-11-6-7-18-46(36)43(47)35(25-30-12-13-30)33-28-40(51-3)42(53-5)41(29-33)52-4/h8-10,15,17,26-30,35-37H,6-7,11-14,16,18-25H2,1-5H3. The molecule has 2 aliphatic heterocycles. The lowest BCUT2D eigenvalue weighted by molar-refractivity contribution is -0.162. The van der Waals surface area contributed by atoms with E-state index in [0.29, 0.717) is 79.2 Å². The summed E-state index contributed by atoms with van der Waals surface area (Å²) in [5.74, 6) is 2.96. The van der Waals surface area contributed by atoms with Gasteiger partial charge in [0.25, 0.3) is 0 Å². The number of esters is 1. The van der Waals surface area contributed by atoms with E-state index in [1.807, 2.05) is 54.6 Å². The van der Waals surface area contributed by atoms with Crippen molar-refractivity contribution in [3.05, 3.63) is 71.3 Å². The van der Waals surface area contributed by atoms with Gasteiger partial charge in [-0.05, 0) is 97.5 Å². The second-order valence-corrected chi connectivity index (χ2v) is 14.8. The molecule has 304 valence electrons. The third-order valence-corrected chi connectivity index (χ3v) is 11.1. The number of benzene rings is 3. The Labute approximate surface area is 331 Å². The van der Waals surface area contributed by atoms with Gasteiger partial charge in [0.15, 0.2) is 23.0 Å². The average molecular weight is 775 g/mol. The zero-order valence-electron chi connectivity index (χ0n) is 33.6. The summed E-state index contributed by atoms with van der Waals surface area (Å²) in [5.41, 5.74) is 2.64. The minimum absolute atomic E-state index is 0.0784. The highest BCUT2D eigenvalue weighted by atomic mass is 16.5. The number of aryl methyl sites for hydroxylation is 1. The van der Waals surface area contributed by atoms with E-state index < -0.39 is 24.0 Å². The van der Waals surface area contributed by atoms with Crippen molar-refractivity contribution < 1.29 is 47.5 Å². The van der Waals surface area contributed by atoms with Crippen LogP contribution in [0.15, 0.2) is 54.6 Å². The third kappa shape index (κ3) is 10.4. The number of morpholine rings is 1. The fourth-order valence-electron chi connectivity index (χ4n) is 7.78. The monoisotopic (exact) mass is 774 g/mol. The molecule has 0 bridgehead atoms. The summed E-state index contributed by atoms with van der Waals surface area (Å²) in [4.78, 5) is 33.3. The van der Waals surface area contributed by atoms with Gasteiger partial charge in [-0.25, -0.2) is 4.79 Å². The molecule has 0 spiro atoms. The molecular formula is C44H58N2O10. The number of piperidine rings is 1. The number of nitrogens with zero attached hydrogens (tertiary/aromatic N) is 2. The van der Waals surface area contributed by atoms with Gasteiger partial charge in [-0.15, -0.1) is 0 Å². The van der Waals surface area contributed by atoms with Crippen LogP contribution in [0, 0.1) is 5.92 Å². The van der Waals surface area contributed by atoms with Crippen LogP contribution in [0.25, 0.3) is 0 Å². The lowest BCUT2D eigenvalue weighted by atomic mass is 9.89. The Kier molecular flexibility index (Phi) is 14.6. The first-order valence-electron chi connectivity index (χ1n) is 19.9. The SMILES string of the molecule is COc1ccc(CCC(OC(=O)C2CCCCN2C(=O)C(CC2CC2)c2cc(OC)c(OC)c(OC)c2)c2cccc(OCCN3CCOCC3)c2)cc1OC. The molecule has 1 saturated carbocycles. The van der Waals surface area contributed by atoms with E-state index in [9.17, 15) is 9.59 Å². The molecule has 12 heteroatoms. The van der Waals surface area contributed by atoms with E-state index in [1.54, 1.807) is 40.4 Å². The fourth-order valence-corrected chi connectivity index (χ4v) is 7.78. The summed E-state index contributed by atoms with van der Waals surface area (Å²) in [6, 6.07) is 16.7. The zero-order valence-corrected chi connectivity index (χ0v) is 33.6. The van der Waals surface area contributed by atoms with Gasteiger partial charge in [-0.1, -0.05) is 31.0 Å². The van der Waals surface area contributed by atoms with Crippen molar-refractivity contribution in [2.24, 2.45) is 5.92 Å². The molecule has 2 heterocycles. The molecule has 3 unspecified atom stereocenters. The maximum atomic E-state index is 14.7. The Morgan fingerprint density at radius 1 is 0.768 bits per heavy atom. The number of methoxy groups -OCH3 is 5. The average Bonchev–Trinajstić information content (AvgIpc) is 4.08. The lowest BCUT2D eigenvalue weighted by Gasteiger charge is -2.37. The number of carbonyl (C=O) groups excluding carboxylic acids is 2. The lowest BCUT2D eigenvalue weighted by Crippen LogP contribution is -2.50. The van der Waals surface area contributed by atoms with Crippen LogP contribution in [0.1, 0.15) is 73.7 Å². The van der Waals surface area contributed by atoms with Gasteiger partial charge in [-0.2, -0.15) is 0 Å². The van der Waals surface area contributed by atoms with Gasteiger partial charge in [-0.3, -0.25) is 9.69 Å². The predicted octanol–water partition coefficient (Wildman–Crippen LogP) is 6.62. The van der Waals surface area contributed by atoms with Gasteiger partial charge in [0.2, 0.25) is 11.7 Å². The summed E-state index contributed by atoms with van der Waals surface area (Å²) >= 11 is 0. The van der Waals surface area contributed by atoms with E-state index in [-0.39, 0.29) is 5.91 Å². The zero-order chi connectivity index (χ0) is 39.4. The fraction of sp³-hybridized carbons (Fsp3) is 0.545. The minimum Gasteiger partial charge on any atom is -0.493 e. The first-order valence-corrected chi connectivity index (χ1v) is 19.9. The summed E-state index contributed by atoms with van der Waals surface area (Å²) in [6.07, 6.45) is 5.54. The quantitative estimate of drug-likeness (QED) is 0.123. The van der Waals surface area contributed by atoms with Crippen molar-refractivity contribution in [3.63, 3.8) is 0 Å². The van der Waals surface area contributed by atoms with Crippen molar-refractivity contribution in [2.45, 2.75) is 69.4 Å². The Bertz CT molecular complexity index is 1730. The molecule has 56 heavy (non-hydrogen) atoms. The number of likely N-dealkylation sites (tertiary alicyclic amines) is 1. The molecule has 3 atom stereocenters. The van der Waals surface area contributed by atoms with Gasteiger partial charge >= 0.3 is 5.97 Å². The number of hydrogen-bond acceptors (Lipinski definition) is 11. The van der Waals surface area contributed by atoms with Crippen LogP contribution < -0.4 is 28.4 Å². The summed E-state index contributed by atoms with van der Waals surface area (Å²) in [5, 5.41) is 0. The van der Waals surface area contributed by atoms with Crippen LogP contribution in [0.5, 0.6) is 34.5 Å². The van der Waals surface area contributed by atoms with E-state index in [2.05, 4.69) is 4.90 Å². The highest BCUT2D eigenvalue weighted by molar-refractivity contribution is 5.89. The van der Waals surface area contributed by atoms with Crippen LogP contribution in [-0.2, 0) is 25.5 Å². The van der Waals surface area contributed by atoms with Crippen LogP contribution in [-0.4, -0.2) is 109 Å². The Morgan fingerprint density at radius 3 is 2.18 bits per heavy atom. The minimum atomic E-state index is -0.712. The Hall–Kier alpha value is -4.68.